The Morgan fingerprint density at radius 3 is 2.43 bits per heavy atom. The number of carbonyl (C=O) groups excluding carboxylic acids is 1. The average molecular weight is 528 g/mol. The standard InChI is InChI=1S/C26H29F4NO6/c27-19-8-6-17(7-9-19)15-36-25(24(34)31-13-16-4-5-16)11-21(32)23(33)22(12-25)35-14-18-2-1-3-20(10-18)37-26(28,29)30/h1-3,6-10,16,21-23,32-33H,4-5,11-15H2,(H,31,34)/t21-,22?,23-,25+/m1/s1. The van der Waals surface area contributed by atoms with Gasteiger partial charge >= 0.3 is 6.36 Å². The predicted octanol–water partition coefficient (Wildman–Crippen LogP) is 3.61. The van der Waals surface area contributed by atoms with Gasteiger partial charge in [0, 0.05) is 19.4 Å². The number of amides is 1. The van der Waals surface area contributed by atoms with Crippen molar-refractivity contribution < 1.29 is 46.8 Å². The molecule has 202 valence electrons. The molecule has 0 aliphatic heterocycles. The van der Waals surface area contributed by atoms with Crippen LogP contribution in [0.5, 0.6) is 5.75 Å². The van der Waals surface area contributed by atoms with E-state index in [4.69, 9.17) is 9.47 Å². The number of carbonyl (C=O) groups is 1. The Morgan fingerprint density at radius 2 is 1.76 bits per heavy atom. The zero-order valence-electron chi connectivity index (χ0n) is 19.9. The van der Waals surface area contributed by atoms with Crippen LogP contribution in [0.4, 0.5) is 17.6 Å². The second kappa shape index (κ2) is 11.3. The summed E-state index contributed by atoms with van der Waals surface area (Å²) in [6, 6.07) is 10.8. The van der Waals surface area contributed by atoms with Gasteiger partial charge in [-0.05, 0) is 54.2 Å². The van der Waals surface area contributed by atoms with Crippen molar-refractivity contribution in [1.29, 1.82) is 0 Å². The highest BCUT2D eigenvalue weighted by Crippen LogP contribution is 2.36. The topological polar surface area (TPSA) is 97.3 Å². The molecule has 2 saturated carbocycles. The molecule has 1 amide bonds. The Balaban J connectivity index is 1.48. The number of nitrogens with one attached hydrogen (secondary N) is 1. The fourth-order valence-electron chi connectivity index (χ4n) is 4.32. The minimum atomic E-state index is -4.85. The number of hydrogen-bond acceptors (Lipinski definition) is 6. The Morgan fingerprint density at radius 1 is 1.03 bits per heavy atom. The maximum Gasteiger partial charge on any atom is 0.573 e. The number of halogens is 4. The van der Waals surface area contributed by atoms with E-state index in [1.165, 1.54) is 36.4 Å². The van der Waals surface area contributed by atoms with E-state index in [1.54, 1.807) is 0 Å². The van der Waals surface area contributed by atoms with Crippen molar-refractivity contribution in [2.24, 2.45) is 5.92 Å². The Hall–Kier alpha value is -2.73. The monoisotopic (exact) mass is 527 g/mol. The fourth-order valence-corrected chi connectivity index (χ4v) is 4.32. The van der Waals surface area contributed by atoms with Gasteiger partial charge in [0.1, 0.15) is 17.7 Å². The van der Waals surface area contributed by atoms with Gasteiger partial charge in [-0.25, -0.2) is 4.39 Å². The molecule has 37 heavy (non-hydrogen) atoms. The molecule has 4 rings (SSSR count). The van der Waals surface area contributed by atoms with E-state index in [-0.39, 0.29) is 26.1 Å². The normalized spacial score (nSPS) is 26.1. The number of hydrogen-bond donors (Lipinski definition) is 3. The first-order chi connectivity index (χ1) is 17.5. The van der Waals surface area contributed by atoms with Crippen LogP contribution in [0.3, 0.4) is 0 Å². The van der Waals surface area contributed by atoms with Gasteiger partial charge in [0.05, 0.1) is 25.4 Å². The van der Waals surface area contributed by atoms with Crippen molar-refractivity contribution >= 4 is 5.91 Å². The van der Waals surface area contributed by atoms with Gasteiger partial charge in [0.25, 0.3) is 5.91 Å². The van der Waals surface area contributed by atoms with Crippen LogP contribution >= 0.6 is 0 Å². The van der Waals surface area contributed by atoms with Gasteiger partial charge in [-0.15, -0.1) is 13.2 Å². The van der Waals surface area contributed by atoms with Crippen molar-refractivity contribution in [2.45, 2.75) is 69.2 Å². The van der Waals surface area contributed by atoms with E-state index in [0.717, 1.165) is 25.0 Å². The quantitative estimate of drug-likeness (QED) is 0.409. The van der Waals surface area contributed by atoms with E-state index in [1.807, 2.05) is 0 Å². The molecule has 4 atom stereocenters. The lowest BCUT2D eigenvalue weighted by molar-refractivity contribution is -0.274. The molecule has 2 aromatic carbocycles. The summed E-state index contributed by atoms with van der Waals surface area (Å²) in [5.41, 5.74) is -0.603. The first kappa shape index (κ1) is 27.3. The molecule has 3 N–H and O–H groups in total. The molecule has 1 unspecified atom stereocenters. The molecular formula is C26H29F4NO6. The van der Waals surface area contributed by atoms with Crippen LogP contribution in [-0.4, -0.2) is 52.9 Å². The molecule has 2 aromatic rings. The van der Waals surface area contributed by atoms with Crippen LogP contribution in [0.25, 0.3) is 0 Å². The zero-order valence-corrected chi connectivity index (χ0v) is 19.9. The van der Waals surface area contributed by atoms with Crippen molar-refractivity contribution in [3.8, 4) is 5.75 Å². The minimum Gasteiger partial charge on any atom is -0.406 e. The third-order valence-corrected chi connectivity index (χ3v) is 6.53. The summed E-state index contributed by atoms with van der Waals surface area (Å²) in [5, 5.41) is 24.1. The molecule has 2 fully saturated rings. The number of aliphatic hydroxyl groups is 2. The fraction of sp³-hybridized carbons (Fsp3) is 0.500. The highest BCUT2D eigenvalue weighted by Gasteiger charge is 2.51. The third kappa shape index (κ3) is 7.64. The van der Waals surface area contributed by atoms with Crippen LogP contribution in [0.15, 0.2) is 48.5 Å². The molecule has 0 heterocycles. The first-order valence-corrected chi connectivity index (χ1v) is 12.0. The van der Waals surface area contributed by atoms with Crippen molar-refractivity contribution in [3.05, 3.63) is 65.5 Å². The summed E-state index contributed by atoms with van der Waals surface area (Å²) in [7, 11) is 0. The van der Waals surface area contributed by atoms with Gasteiger partial charge in [-0.2, -0.15) is 0 Å². The number of ether oxygens (including phenoxy) is 3. The smallest absolute Gasteiger partial charge is 0.406 e. The summed E-state index contributed by atoms with van der Waals surface area (Å²) < 4.78 is 66.7. The zero-order chi connectivity index (χ0) is 26.6. The summed E-state index contributed by atoms with van der Waals surface area (Å²) >= 11 is 0. The molecular weight excluding hydrogens is 498 g/mol. The number of benzene rings is 2. The minimum absolute atomic E-state index is 0.0521. The number of alkyl halides is 3. The van der Waals surface area contributed by atoms with Gasteiger partial charge in [-0.3, -0.25) is 4.79 Å². The molecule has 2 aliphatic rings. The lowest BCUT2D eigenvalue weighted by Crippen LogP contribution is -2.60. The van der Waals surface area contributed by atoms with Gasteiger partial charge in [-0.1, -0.05) is 24.3 Å². The van der Waals surface area contributed by atoms with E-state index in [2.05, 4.69) is 10.1 Å². The molecule has 11 heteroatoms. The summed E-state index contributed by atoms with van der Waals surface area (Å²) in [4.78, 5) is 13.3. The molecule has 7 nitrogen and oxygen atoms in total. The van der Waals surface area contributed by atoms with Crippen LogP contribution in [0.2, 0.25) is 0 Å². The Bertz CT molecular complexity index is 1060. The maximum absolute atomic E-state index is 13.3. The Kier molecular flexibility index (Phi) is 8.37. The first-order valence-electron chi connectivity index (χ1n) is 12.0. The van der Waals surface area contributed by atoms with E-state index in [9.17, 15) is 32.6 Å². The van der Waals surface area contributed by atoms with Crippen LogP contribution in [0.1, 0.15) is 36.8 Å². The van der Waals surface area contributed by atoms with E-state index < -0.39 is 47.7 Å². The summed E-state index contributed by atoms with van der Waals surface area (Å²) in [6.45, 7) is 0.196. The highest BCUT2D eigenvalue weighted by atomic mass is 19.4. The molecule has 0 radical (unpaired) electrons. The van der Waals surface area contributed by atoms with Gasteiger partial charge < -0.3 is 29.7 Å². The number of rotatable bonds is 10. The SMILES string of the molecule is O=C(NCC1CC1)[C@@]1(OCc2ccc(F)cc2)CC(OCc2cccc(OC(F)(F)F)c2)[C@H](O)[C@H](O)C1. The lowest BCUT2D eigenvalue weighted by Gasteiger charge is -2.44. The summed E-state index contributed by atoms with van der Waals surface area (Å²) in [5.74, 6) is -0.915. The lowest BCUT2D eigenvalue weighted by atomic mass is 9.78. The molecule has 0 aromatic heterocycles. The van der Waals surface area contributed by atoms with Crippen LogP contribution in [-0.2, 0) is 27.5 Å². The predicted molar refractivity (Wildman–Crippen MR) is 123 cm³/mol. The second-order valence-electron chi connectivity index (χ2n) is 9.57. The molecule has 0 bridgehead atoms. The van der Waals surface area contributed by atoms with Gasteiger partial charge in [0.15, 0.2) is 5.60 Å². The molecule has 0 spiro atoms. The van der Waals surface area contributed by atoms with Crippen molar-refractivity contribution in [1.82, 2.24) is 5.32 Å². The van der Waals surface area contributed by atoms with Gasteiger partial charge in [0.2, 0.25) is 0 Å². The molecule has 0 saturated heterocycles. The third-order valence-electron chi connectivity index (χ3n) is 6.53. The molecule has 2 aliphatic carbocycles. The summed E-state index contributed by atoms with van der Waals surface area (Å²) in [6.07, 6.45) is -6.91. The Labute approximate surface area is 211 Å². The van der Waals surface area contributed by atoms with E-state index >= 15 is 0 Å². The van der Waals surface area contributed by atoms with Crippen LogP contribution in [0, 0.1) is 11.7 Å². The van der Waals surface area contributed by atoms with E-state index in [0.29, 0.717) is 23.6 Å². The second-order valence-corrected chi connectivity index (χ2v) is 9.57. The average Bonchev–Trinajstić information content (AvgIpc) is 3.67. The van der Waals surface area contributed by atoms with Crippen LogP contribution < -0.4 is 10.1 Å². The largest absolute Gasteiger partial charge is 0.573 e. The number of aliphatic hydroxyl groups excluding tert-OH is 2. The highest BCUT2D eigenvalue weighted by molar-refractivity contribution is 5.85. The van der Waals surface area contributed by atoms with Crippen molar-refractivity contribution in [3.63, 3.8) is 0 Å². The van der Waals surface area contributed by atoms with Crippen molar-refractivity contribution in [2.75, 3.05) is 6.54 Å². The maximum atomic E-state index is 13.3.